The van der Waals surface area contributed by atoms with E-state index >= 15 is 0 Å². The van der Waals surface area contributed by atoms with Crippen LogP contribution in [0.5, 0.6) is 0 Å². The molecule has 0 N–H and O–H groups in total. The van der Waals surface area contributed by atoms with Crippen LogP contribution in [-0.4, -0.2) is 22.5 Å². The van der Waals surface area contributed by atoms with Gasteiger partial charge in [-0.05, 0) is 32.1 Å². The van der Waals surface area contributed by atoms with E-state index < -0.39 is 0 Å². The summed E-state index contributed by atoms with van der Waals surface area (Å²) < 4.78 is 7.82. The van der Waals surface area contributed by atoms with Crippen LogP contribution in [0.3, 0.4) is 0 Å². The van der Waals surface area contributed by atoms with Gasteiger partial charge in [-0.3, -0.25) is 4.68 Å². The third-order valence-electron chi connectivity index (χ3n) is 3.74. The van der Waals surface area contributed by atoms with Crippen LogP contribution in [0.25, 0.3) is 0 Å². The smallest absolute Gasteiger partial charge is 0.0668 e. The first-order valence-corrected chi connectivity index (χ1v) is 7.58. The van der Waals surface area contributed by atoms with Crippen LogP contribution in [-0.2, 0) is 30.0 Å². The zero-order chi connectivity index (χ0) is 13.0. The molecule has 0 amide bonds. The number of aromatic nitrogens is 2. The normalized spacial score (nSPS) is 19.6. The third-order valence-corrected chi connectivity index (χ3v) is 4.01. The molecule has 1 atom stereocenters. The summed E-state index contributed by atoms with van der Waals surface area (Å²) in [6, 6.07) is 0. The second-order valence-electron chi connectivity index (χ2n) is 4.86. The lowest BCUT2D eigenvalue weighted by molar-refractivity contribution is 0.0992. The minimum absolute atomic E-state index is 0.434. The van der Waals surface area contributed by atoms with Gasteiger partial charge in [0, 0.05) is 24.4 Å². The van der Waals surface area contributed by atoms with Crippen LogP contribution in [0.4, 0.5) is 0 Å². The van der Waals surface area contributed by atoms with E-state index in [-0.39, 0.29) is 0 Å². The van der Waals surface area contributed by atoms with Gasteiger partial charge < -0.3 is 4.74 Å². The second kappa shape index (κ2) is 6.58. The van der Waals surface area contributed by atoms with Crippen molar-refractivity contribution >= 4 is 11.6 Å². The molecule has 1 aliphatic heterocycles. The maximum Gasteiger partial charge on any atom is 0.0668 e. The Balaban J connectivity index is 2.08. The lowest BCUT2D eigenvalue weighted by Crippen LogP contribution is -2.13. The van der Waals surface area contributed by atoms with Crippen LogP contribution >= 0.6 is 11.6 Å². The van der Waals surface area contributed by atoms with E-state index in [0.717, 1.165) is 38.1 Å². The molecule has 0 aliphatic carbocycles. The number of alkyl halides is 1. The molecule has 1 fully saturated rings. The average molecular weight is 271 g/mol. The van der Waals surface area contributed by atoms with Crippen LogP contribution in [0, 0.1) is 0 Å². The van der Waals surface area contributed by atoms with Crippen molar-refractivity contribution < 1.29 is 4.74 Å². The van der Waals surface area contributed by atoms with E-state index in [1.54, 1.807) is 0 Å². The summed E-state index contributed by atoms with van der Waals surface area (Å²) in [5.74, 6) is 0.576. The van der Waals surface area contributed by atoms with Gasteiger partial charge in [0.25, 0.3) is 0 Å². The molecule has 4 heteroatoms. The van der Waals surface area contributed by atoms with Gasteiger partial charge in [0.15, 0.2) is 0 Å². The highest BCUT2D eigenvalue weighted by Crippen LogP contribution is 2.21. The van der Waals surface area contributed by atoms with Crippen molar-refractivity contribution in [2.45, 2.75) is 64.5 Å². The molecule has 1 aliphatic rings. The molecule has 0 radical (unpaired) electrons. The van der Waals surface area contributed by atoms with Crippen molar-refractivity contribution in [3.05, 3.63) is 17.0 Å². The number of hydrogen-bond acceptors (Lipinski definition) is 2. The van der Waals surface area contributed by atoms with Crippen molar-refractivity contribution in [2.24, 2.45) is 0 Å². The summed E-state index contributed by atoms with van der Waals surface area (Å²) in [5, 5.41) is 4.71. The standard InChI is InChI=1S/C14H23ClN2O/c1-3-13-12(10-15)14(4-2)17(16-13)8-7-11-6-5-9-18-11/h11H,3-10H2,1-2H3. The van der Waals surface area contributed by atoms with E-state index in [1.807, 2.05) is 0 Å². The highest BCUT2D eigenvalue weighted by Gasteiger charge is 2.18. The van der Waals surface area contributed by atoms with Crippen LogP contribution < -0.4 is 0 Å². The highest BCUT2D eigenvalue weighted by molar-refractivity contribution is 6.17. The predicted molar refractivity (Wildman–Crippen MR) is 74.1 cm³/mol. The maximum absolute atomic E-state index is 6.06. The first-order chi connectivity index (χ1) is 8.80. The van der Waals surface area contributed by atoms with Crippen molar-refractivity contribution in [1.82, 2.24) is 9.78 Å². The minimum Gasteiger partial charge on any atom is -0.378 e. The number of halogens is 1. The second-order valence-corrected chi connectivity index (χ2v) is 5.13. The minimum atomic E-state index is 0.434. The predicted octanol–water partition coefficient (Wildman–Crippen LogP) is 3.32. The van der Waals surface area contributed by atoms with Gasteiger partial charge in [0.2, 0.25) is 0 Å². The van der Waals surface area contributed by atoms with Gasteiger partial charge in [-0.1, -0.05) is 13.8 Å². The monoisotopic (exact) mass is 270 g/mol. The van der Waals surface area contributed by atoms with Crippen molar-refractivity contribution in [3.8, 4) is 0 Å². The Bertz CT molecular complexity index is 383. The van der Waals surface area contributed by atoms with Gasteiger partial charge >= 0.3 is 0 Å². The summed E-state index contributed by atoms with van der Waals surface area (Å²) in [7, 11) is 0. The summed E-state index contributed by atoms with van der Waals surface area (Å²) >= 11 is 6.06. The SMILES string of the molecule is CCc1nn(CCC2CCCO2)c(CC)c1CCl. The van der Waals surface area contributed by atoms with E-state index in [0.29, 0.717) is 12.0 Å². The maximum atomic E-state index is 6.06. The van der Waals surface area contributed by atoms with E-state index in [4.69, 9.17) is 21.4 Å². The quantitative estimate of drug-likeness (QED) is 0.742. The summed E-state index contributed by atoms with van der Waals surface area (Å²) in [4.78, 5) is 0. The molecule has 2 rings (SSSR count). The molecule has 1 aromatic heterocycles. The molecule has 0 saturated carbocycles. The lowest BCUT2D eigenvalue weighted by atomic mass is 10.1. The molecule has 1 aromatic rings. The van der Waals surface area contributed by atoms with Gasteiger partial charge in [0.05, 0.1) is 17.7 Å². The van der Waals surface area contributed by atoms with Crippen molar-refractivity contribution in [3.63, 3.8) is 0 Å². The third kappa shape index (κ3) is 2.89. The van der Waals surface area contributed by atoms with Crippen molar-refractivity contribution in [2.75, 3.05) is 6.61 Å². The van der Waals surface area contributed by atoms with E-state index in [9.17, 15) is 0 Å². The van der Waals surface area contributed by atoms with Gasteiger partial charge in [-0.15, -0.1) is 11.6 Å². The largest absolute Gasteiger partial charge is 0.378 e. The number of ether oxygens (including phenoxy) is 1. The number of aryl methyl sites for hydroxylation is 2. The van der Waals surface area contributed by atoms with Crippen LogP contribution in [0.1, 0.15) is 50.1 Å². The first kappa shape index (κ1) is 13.9. The van der Waals surface area contributed by atoms with Crippen molar-refractivity contribution in [1.29, 1.82) is 0 Å². The summed E-state index contributed by atoms with van der Waals surface area (Å²) in [5.41, 5.74) is 3.71. The molecule has 1 saturated heterocycles. The Kier molecular flexibility index (Phi) is 5.07. The van der Waals surface area contributed by atoms with Crippen LogP contribution in [0.2, 0.25) is 0 Å². The van der Waals surface area contributed by atoms with Gasteiger partial charge in [-0.2, -0.15) is 5.10 Å². The summed E-state index contributed by atoms with van der Waals surface area (Å²) in [6.45, 7) is 6.20. The topological polar surface area (TPSA) is 27.1 Å². The molecular weight excluding hydrogens is 248 g/mol. The fraction of sp³-hybridized carbons (Fsp3) is 0.786. The molecule has 3 nitrogen and oxygen atoms in total. The molecule has 102 valence electrons. The number of nitrogens with zero attached hydrogens (tertiary/aromatic N) is 2. The van der Waals surface area contributed by atoms with Gasteiger partial charge in [0.1, 0.15) is 0 Å². The van der Waals surface area contributed by atoms with Crippen LogP contribution in [0.15, 0.2) is 0 Å². The van der Waals surface area contributed by atoms with Gasteiger partial charge in [-0.25, -0.2) is 0 Å². The molecule has 0 spiro atoms. The zero-order valence-electron chi connectivity index (χ0n) is 11.4. The molecular formula is C14H23ClN2O. The first-order valence-electron chi connectivity index (χ1n) is 7.05. The number of hydrogen-bond donors (Lipinski definition) is 0. The molecule has 0 aromatic carbocycles. The Morgan fingerprint density at radius 1 is 1.39 bits per heavy atom. The average Bonchev–Trinajstić information content (AvgIpc) is 3.02. The van der Waals surface area contributed by atoms with E-state index in [1.165, 1.54) is 24.1 Å². The summed E-state index contributed by atoms with van der Waals surface area (Å²) in [6.07, 6.45) is 5.87. The molecule has 1 unspecified atom stereocenters. The number of rotatable bonds is 6. The molecule has 18 heavy (non-hydrogen) atoms. The highest BCUT2D eigenvalue weighted by atomic mass is 35.5. The Morgan fingerprint density at radius 3 is 2.78 bits per heavy atom. The zero-order valence-corrected chi connectivity index (χ0v) is 12.2. The Morgan fingerprint density at radius 2 is 2.22 bits per heavy atom. The Hall–Kier alpha value is -0.540. The Labute approximate surface area is 114 Å². The lowest BCUT2D eigenvalue weighted by Gasteiger charge is -2.11. The fourth-order valence-electron chi connectivity index (χ4n) is 2.75. The fourth-order valence-corrected chi connectivity index (χ4v) is 3.05. The van der Waals surface area contributed by atoms with E-state index in [2.05, 4.69) is 18.5 Å². The molecule has 2 heterocycles. The molecule has 0 bridgehead atoms.